The summed E-state index contributed by atoms with van der Waals surface area (Å²) in [4.78, 5) is 0. The third-order valence-electron chi connectivity index (χ3n) is 3.64. The smallest absolute Gasteiger partial charge is 0.124 e. The van der Waals surface area contributed by atoms with E-state index >= 15 is 0 Å². The topological polar surface area (TPSA) is 47.3 Å². The molecule has 0 aromatic heterocycles. The van der Waals surface area contributed by atoms with Crippen LogP contribution in [0.25, 0.3) is 0 Å². The van der Waals surface area contributed by atoms with Crippen molar-refractivity contribution >= 4 is 0 Å². The van der Waals surface area contributed by atoms with Crippen molar-refractivity contribution in [2.45, 2.75) is 32.7 Å². The lowest BCUT2D eigenvalue weighted by molar-refractivity contribution is 0.330. The van der Waals surface area contributed by atoms with E-state index in [-0.39, 0.29) is 6.04 Å². The molecule has 21 heavy (non-hydrogen) atoms. The summed E-state index contributed by atoms with van der Waals surface area (Å²) in [5, 5.41) is 0. The Kier molecular flexibility index (Phi) is 5.78. The largest absolute Gasteiger partial charge is 0.494 e. The van der Waals surface area contributed by atoms with Crippen LogP contribution in [-0.2, 0) is 6.42 Å². The number of hydrogen-bond acceptors (Lipinski definition) is 3. The second kappa shape index (κ2) is 7.81. The van der Waals surface area contributed by atoms with Crippen LogP contribution in [0, 0.1) is 6.92 Å². The molecule has 1 atom stereocenters. The normalized spacial score (nSPS) is 12.1. The van der Waals surface area contributed by atoms with Crippen molar-refractivity contribution in [3.63, 3.8) is 0 Å². The Labute approximate surface area is 127 Å². The summed E-state index contributed by atoms with van der Waals surface area (Å²) in [5.41, 5.74) is 6.65. The second-order valence-electron chi connectivity index (χ2n) is 5.21. The van der Waals surface area contributed by atoms with Gasteiger partial charge in [0.1, 0.15) is 5.75 Å². The van der Waals surface area contributed by atoms with Crippen LogP contribution in [0.15, 0.2) is 48.5 Å². The number of rotatable bonds is 7. The highest BCUT2D eigenvalue weighted by molar-refractivity contribution is 5.36. The average Bonchev–Trinajstić information content (AvgIpc) is 2.51. The molecule has 0 bridgehead atoms. The van der Waals surface area contributed by atoms with Crippen LogP contribution in [0.3, 0.4) is 0 Å². The molecule has 0 spiro atoms. The molecule has 2 aromatic rings. The van der Waals surface area contributed by atoms with Gasteiger partial charge in [0.15, 0.2) is 0 Å². The summed E-state index contributed by atoms with van der Waals surface area (Å²) in [6.07, 6.45) is 1.92. The number of aryl methyl sites for hydroxylation is 2. The summed E-state index contributed by atoms with van der Waals surface area (Å²) in [5.74, 6) is 6.66. The van der Waals surface area contributed by atoms with Crippen LogP contribution in [0.4, 0.5) is 0 Å². The van der Waals surface area contributed by atoms with Crippen LogP contribution >= 0.6 is 0 Å². The standard InChI is InChI=1S/C18H24N2O/c1-3-21-18-7-5-4-6-16(18)17(20-19)13-12-15-10-8-14(2)9-11-15/h4-11,17,20H,3,12-13,19H2,1-2H3. The molecule has 0 aliphatic rings. The molecule has 0 aliphatic carbocycles. The van der Waals surface area contributed by atoms with E-state index in [1.165, 1.54) is 11.1 Å². The number of ether oxygens (including phenoxy) is 1. The fourth-order valence-electron chi connectivity index (χ4n) is 2.45. The Hall–Kier alpha value is -1.84. The van der Waals surface area contributed by atoms with Gasteiger partial charge in [0.25, 0.3) is 0 Å². The summed E-state index contributed by atoms with van der Waals surface area (Å²) < 4.78 is 5.69. The van der Waals surface area contributed by atoms with Gasteiger partial charge >= 0.3 is 0 Å². The van der Waals surface area contributed by atoms with Crippen molar-refractivity contribution in [2.75, 3.05) is 6.61 Å². The summed E-state index contributed by atoms with van der Waals surface area (Å²) in [7, 11) is 0. The van der Waals surface area contributed by atoms with Crippen LogP contribution in [0.1, 0.15) is 36.1 Å². The van der Waals surface area contributed by atoms with Crippen molar-refractivity contribution in [1.82, 2.24) is 5.43 Å². The first kappa shape index (κ1) is 15.5. The molecule has 0 radical (unpaired) electrons. The van der Waals surface area contributed by atoms with E-state index in [1.807, 2.05) is 25.1 Å². The fraction of sp³-hybridized carbons (Fsp3) is 0.333. The van der Waals surface area contributed by atoms with Gasteiger partial charge in [-0.15, -0.1) is 0 Å². The highest BCUT2D eigenvalue weighted by Gasteiger charge is 2.14. The lowest BCUT2D eigenvalue weighted by Gasteiger charge is -2.19. The second-order valence-corrected chi connectivity index (χ2v) is 5.21. The lowest BCUT2D eigenvalue weighted by Crippen LogP contribution is -2.28. The van der Waals surface area contributed by atoms with Crippen LogP contribution in [0.2, 0.25) is 0 Å². The van der Waals surface area contributed by atoms with Crippen molar-refractivity contribution in [1.29, 1.82) is 0 Å². The first-order valence-electron chi connectivity index (χ1n) is 7.48. The van der Waals surface area contributed by atoms with Gasteiger partial charge in [-0.2, -0.15) is 0 Å². The Morgan fingerprint density at radius 3 is 2.48 bits per heavy atom. The van der Waals surface area contributed by atoms with Gasteiger partial charge in [-0.25, -0.2) is 0 Å². The predicted molar refractivity (Wildman–Crippen MR) is 87.2 cm³/mol. The Morgan fingerprint density at radius 2 is 1.81 bits per heavy atom. The summed E-state index contributed by atoms with van der Waals surface area (Å²) in [6, 6.07) is 16.8. The van der Waals surface area contributed by atoms with Gasteiger partial charge in [-0.05, 0) is 38.3 Å². The van der Waals surface area contributed by atoms with Gasteiger partial charge in [0.2, 0.25) is 0 Å². The maximum Gasteiger partial charge on any atom is 0.124 e. The molecular weight excluding hydrogens is 260 g/mol. The molecule has 3 N–H and O–H groups in total. The van der Waals surface area contributed by atoms with Gasteiger partial charge in [-0.3, -0.25) is 11.3 Å². The first-order chi connectivity index (χ1) is 10.2. The molecular formula is C18H24N2O. The molecule has 0 amide bonds. The van der Waals surface area contributed by atoms with Gasteiger partial charge in [0.05, 0.1) is 6.61 Å². The lowest BCUT2D eigenvalue weighted by atomic mass is 9.98. The minimum absolute atomic E-state index is 0.0917. The van der Waals surface area contributed by atoms with E-state index in [2.05, 4.69) is 42.7 Å². The Morgan fingerprint density at radius 1 is 1.10 bits per heavy atom. The molecule has 0 saturated heterocycles. The molecule has 0 fully saturated rings. The fourth-order valence-corrected chi connectivity index (χ4v) is 2.45. The molecule has 0 heterocycles. The van der Waals surface area contributed by atoms with E-state index in [9.17, 15) is 0 Å². The SMILES string of the molecule is CCOc1ccccc1C(CCc1ccc(C)cc1)NN. The van der Waals surface area contributed by atoms with Crippen molar-refractivity contribution in [2.24, 2.45) is 5.84 Å². The zero-order valence-electron chi connectivity index (χ0n) is 12.8. The average molecular weight is 284 g/mol. The van der Waals surface area contributed by atoms with Gasteiger partial charge in [0, 0.05) is 11.6 Å². The van der Waals surface area contributed by atoms with E-state index in [0.717, 1.165) is 24.2 Å². The number of nitrogens with one attached hydrogen (secondary N) is 1. The Bertz CT molecular complexity index is 551. The highest BCUT2D eigenvalue weighted by Crippen LogP contribution is 2.27. The van der Waals surface area contributed by atoms with Crippen LogP contribution in [-0.4, -0.2) is 6.61 Å². The number of nitrogens with two attached hydrogens (primary N) is 1. The molecule has 2 rings (SSSR count). The number of para-hydroxylation sites is 1. The van der Waals surface area contributed by atoms with E-state index in [0.29, 0.717) is 6.61 Å². The highest BCUT2D eigenvalue weighted by atomic mass is 16.5. The minimum atomic E-state index is 0.0917. The number of hydrazine groups is 1. The third kappa shape index (κ3) is 4.31. The summed E-state index contributed by atoms with van der Waals surface area (Å²) in [6.45, 7) is 4.76. The predicted octanol–water partition coefficient (Wildman–Crippen LogP) is 3.53. The van der Waals surface area contributed by atoms with Crippen molar-refractivity contribution in [3.05, 3.63) is 65.2 Å². The quantitative estimate of drug-likeness (QED) is 0.604. The Balaban J connectivity index is 2.07. The summed E-state index contributed by atoms with van der Waals surface area (Å²) >= 11 is 0. The molecule has 3 heteroatoms. The molecule has 1 unspecified atom stereocenters. The van der Waals surface area contributed by atoms with Gasteiger partial charge < -0.3 is 4.74 Å². The number of hydrogen-bond donors (Lipinski definition) is 2. The third-order valence-corrected chi connectivity index (χ3v) is 3.64. The zero-order valence-corrected chi connectivity index (χ0v) is 12.8. The molecule has 0 saturated carbocycles. The molecule has 112 valence electrons. The van der Waals surface area contributed by atoms with Crippen molar-refractivity contribution in [3.8, 4) is 5.75 Å². The molecule has 3 nitrogen and oxygen atoms in total. The molecule has 0 aliphatic heterocycles. The number of benzene rings is 2. The zero-order chi connectivity index (χ0) is 15.1. The first-order valence-corrected chi connectivity index (χ1v) is 7.48. The van der Waals surface area contributed by atoms with Crippen LogP contribution < -0.4 is 16.0 Å². The maximum atomic E-state index is 5.75. The van der Waals surface area contributed by atoms with Crippen LogP contribution in [0.5, 0.6) is 5.75 Å². The van der Waals surface area contributed by atoms with E-state index < -0.39 is 0 Å². The van der Waals surface area contributed by atoms with Gasteiger partial charge in [-0.1, -0.05) is 48.0 Å². The van der Waals surface area contributed by atoms with Crippen molar-refractivity contribution < 1.29 is 4.74 Å². The van der Waals surface area contributed by atoms with E-state index in [4.69, 9.17) is 10.6 Å². The maximum absolute atomic E-state index is 5.75. The monoisotopic (exact) mass is 284 g/mol. The minimum Gasteiger partial charge on any atom is -0.494 e. The van der Waals surface area contributed by atoms with E-state index in [1.54, 1.807) is 0 Å². The molecule has 2 aromatic carbocycles.